The number of urea groups is 2. The number of hydrogen-bond acceptors (Lipinski definition) is 4. The molecule has 0 radical (unpaired) electrons. The van der Waals surface area contributed by atoms with Crippen LogP contribution in [0.1, 0.15) is 0 Å². The van der Waals surface area contributed by atoms with Crippen LogP contribution >= 0.6 is 0 Å². The number of nitro benzene ring substituents is 1. The highest BCUT2D eigenvalue weighted by atomic mass is 16.6. The predicted octanol–water partition coefficient (Wildman–Crippen LogP) is 1.15. The van der Waals surface area contributed by atoms with Crippen molar-refractivity contribution in [1.82, 2.24) is 10.2 Å². The molecule has 1 aliphatic rings. The molecule has 0 saturated carbocycles. The van der Waals surface area contributed by atoms with Crippen LogP contribution in [0.15, 0.2) is 24.3 Å². The molecule has 0 spiro atoms. The van der Waals surface area contributed by atoms with Gasteiger partial charge in [-0.15, -0.1) is 0 Å². The first-order valence-corrected chi connectivity index (χ1v) is 5.19. The molecule has 1 aromatic carbocycles. The van der Waals surface area contributed by atoms with Crippen molar-refractivity contribution in [2.24, 2.45) is 0 Å². The van der Waals surface area contributed by atoms with E-state index in [2.05, 4.69) is 10.6 Å². The molecule has 0 atom stereocenters. The lowest BCUT2D eigenvalue weighted by Gasteiger charge is -2.13. The molecular formula is C10H10N4O4. The van der Waals surface area contributed by atoms with Crippen molar-refractivity contribution >= 4 is 23.4 Å². The highest BCUT2D eigenvalue weighted by Crippen LogP contribution is 2.17. The monoisotopic (exact) mass is 250 g/mol. The Bertz CT molecular complexity index is 516. The summed E-state index contributed by atoms with van der Waals surface area (Å²) in [6, 6.07) is 4.43. The predicted molar refractivity (Wildman–Crippen MR) is 62.2 cm³/mol. The molecule has 8 heteroatoms. The second-order valence-corrected chi connectivity index (χ2v) is 3.62. The zero-order valence-corrected chi connectivity index (χ0v) is 9.25. The molecule has 4 amide bonds. The molecule has 0 bridgehead atoms. The van der Waals surface area contributed by atoms with Gasteiger partial charge < -0.3 is 10.6 Å². The van der Waals surface area contributed by atoms with Crippen molar-refractivity contribution in [3.63, 3.8) is 0 Å². The van der Waals surface area contributed by atoms with Gasteiger partial charge in [0, 0.05) is 30.9 Å². The van der Waals surface area contributed by atoms with Gasteiger partial charge in [-0.2, -0.15) is 0 Å². The van der Waals surface area contributed by atoms with Gasteiger partial charge >= 0.3 is 12.1 Å². The number of hydrogen-bond donors (Lipinski definition) is 2. The summed E-state index contributed by atoms with van der Waals surface area (Å²) in [5.41, 5.74) is 0.146. The van der Waals surface area contributed by atoms with Gasteiger partial charge in [0.15, 0.2) is 0 Å². The number of nitrogens with one attached hydrogen (secondary N) is 2. The Balaban J connectivity index is 2.09. The molecule has 18 heavy (non-hydrogen) atoms. The van der Waals surface area contributed by atoms with E-state index in [4.69, 9.17) is 0 Å². The topological polar surface area (TPSA) is 105 Å². The maximum atomic E-state index is 11.7. The average molecular weight is 250 g/mol. The van der Waals surface area contributed by atoms with Gasteiger partial charge in [0.1, 0.15) is 0 Å². The fraction of sp³-hybridized carbons (Fsp3) is 0.200. The summed E-state index contributed by atoms with van der Waals surface area (Å²) in [6.45, 7) is 0.681. The summed E-state index contributed by atoms with van der Waals surface area (Å²) in [6.07, 6.45) is 0. The van der Waals surface area contributed by atoms with Crippen molar-refractivity contribution in [1.29, 1.82) is 0 Å². The maximum Gasteiger partial charge on any atom is 0.330 e. The molecule has 0 aromatic heterocycles. The number of anilines is 1. The lowest BCUT2D eigenvalue weighted by molar-refractivity contribution is -0.384. The van der Waals surface area contributed by atoms with Crippen molar-refractivity contribution < 1.29 is 14.5 Å². The maximum absolute atomic E-state index is 11.7. The molecule has 0 unspecified atom stereocenters. The van der Waals surface area contributed by atoms with Crippen LogP contribution in [0.3, 0.4) is 0 Å². The summed E-state index contributed by atoms with van der Waals surface area (Å²) in [7, 11) is 0. The number of benzene rings is 1. The van der Waals surface area contributed by atoms with Gasteiger partial charge in [-0.25, -0.2) is 14.5 Å². The molecular weight excluding hydrogens is 240 g/mol. The molecule has 94 valence electrons. The van der Waals surface area contributed by atoms with Crippen molar-refractivity contribution in [3.8, 4) is 0 Å². The van der Waals surface area contributed by atoms with Gasteiger partial charge in [-0.05, 0) is 6.07 Å². The summed E-state index contributed by atoms with van der Waals surface area (Å²) in [5.74, 6) is 0. The number of carbonyl (C=O) groups is 2. The lowest BCUT2D eigenvalue weighted by Crippen LogP contribution is -2.37. The van der Waals surface area contributed by atoms with Crippen LogP contribution in [0.5, 0.6) is 0 Å². The van der Waals surface area contributed by atoms with Crippen molar-refractivity contribution in [2.75, 3.05) is 18.4 Å². The molecule has 0 aliphatic carbocycles. The summed E-state index contributed by atoms with van der Waals surface area (Å²) < 4.78 is 0. The standard InChI is InChI=1S/C10H10N4O4/c15-9-11-4-5-13(9)10(16)12-7-2-1-3-8(6-7)14(17)18/h1-3,6H,4-5H2,(H,11,15)(H,12,16). The van der Waals surface area contributed by atoms with E-state index >= 15 is 0 Å². The van der Waals surface area contributed by atoms with Crippen molar-refractivity contribution in [3.05, 3.63) is 34.4 Å². The largest absolute Gasteiger partial charge is 0.336 e. The van der Waals surface area contributed by atoms with Crippen LogP contribution in [0, 0.1) is 10.1 Å². The third kappa shape index (κ3) is 2.37. The van der Waals surface area contributed by atoms with E-state index in [0.29, 0.717) is 6.54 Å². The Morgan fingerprint density at radius 1 is 1.50 bits per heavy atom. The quantitative estimate of drug-likeness (QED) is 0.606. The number of non-ortho nitro benzene ring substituents is 1. The lowest BCUT2D eigenvalue weighted by atomic mass is 10.3. The molecule has 1 aliphatic heterocycles. The van der Waals surface area contributed by atoms with Crippen LogP contribution in [-0.2, 0) is 0 Å². The summed E-state index contributed by atoms with van der Waals surface area (Å²) in [5, 5.41) is 15.5. The third-order valence-corrected chi connectivity index (χ3v) is 2.41. The van der Waals surface area contributed by atoms with E-state index in [9.17, 15) is 19.7 Å². The van der Waals surface area contributed by atoms with E-state index in [1.165, 1.54) is 24.3 Å². The van der Waals surface area contributed by atoms with Crippen LogP contribution in [0.4, 0.5) is 21.0 Å². The first-order chi connectivity index (χ1) is 8.58. The number of nitro groups is 1. The molecule has 1 saturated heterocycles. The zero-order valence-electron chi connectivity index (χ0n) is 9.25. The Labute approximate surface area is 102 Å². The van der Waals surface area contributed by atoms with E-state index in [1.807, 2.05) is 0 Å². The first-order valence-electron chi connectivity index (χ1n) is 5.19. The van der Waals surface area contributed by atoms with E-state index in [1.54, 1.807) is 0 Å². The van der Waals surface area contributed by atoms with E-state index < -0.39 is 17.0 Å². The molecule has 2 N–H and O–H groups in total. The smallest absolute Gasteiger partial charge is 0.330 e. The Hall–Kier alpha value is -2.64. The summed E-state index contributed by atoms with van der Waals surface area (Å²) in [4.78, 5) is 33.9. The van der Waals surface area contributed by atoms with E-state index in [0.717, 1.165) is 4.90 Å². The Morgan fingerprint density at radius 2 is 2.28 bits per heavy atom. The van der Waals surface area contributed by atoms with Gasteiger partial charge in [-0.1, -0.05) is 6.07 Å². The molecule has 1 aromatic rings. The van der Waals surface area contributed by atoms with Crippen LogP contribution in [-0.4, -0.2) is 35.0 Å². The normalized spacial score (nSPS) is 14.2. The average Bonchev–Trinajstić information content (AvgIpc) is 2.76. The minimum atomic E-state index is -0.606. The number of carbonyl (C=O) groups excluding carboxylic acids is 2. The molecule has 8 nitrogen and oxygen atoms in total. The molecule has 1 heterocycles. The zero-order chi connectivity index (χ0) is 13.1. The molecule has 2 rings (SSSR count). The third-order valence-electron chi connectivity index (χ3n) is 2.41. The van der Waals surface area contributed by atoms with Crippen LogP contribution < -0.4 is 10.6 Å². The fourth-order valence-electron chi connectivity index (χ4n) is 1.55. The first kappa shape index (κ1) is 11.8. The van der Waals surface area contributed by atoms with E-state index in [-0.39, 0.29) is 17.9 Å². The van der Waals surface area contributed by atoms with Gasteiger partial charge in [0.05, 0.1) is 4.92 Å². The minimum Gasteiger partial charge on any atom is -0.336 e. The SMILES string of the molecule is O=C1NCCN1C(=O)Nc1cccc([N+](=O)[O-])c1. The summed E-state index contributed by atoms with van der Waals surface area (Å²) >= 11 is 0. The number of rotatable bonds is 2. The highest BCUT2D eigenvalue weighted by molar-refractivity contribution is 6.01. The van der Waals surface area contributed by atoms with Gasteiger partial charge in [0.2, 0.25) is 0 Å². The molecule has 1 fully saturated rings. The second-order valence-electron chi connectivity index (χ2n) is 3.62. The van der Waals surface area contributed by atoms with Crippen LogP contribution in [0.2, 0.25) is 0 Å². The van der Waals surface area contributed by atoms with Gasteiger partial charge in [0.25, 0.3) is 5.69 Å². The Kier molecular flexibility index (Phi) is 3.09. The second kappa shape index (κ2) is 4.70. The van der Waals surface area contributed by atoms with Crippen molar-refractivity contribution in [2.45, 2.75) is 0 Å². The highest BCUT2D eigenvalue weighted by Gasteiger charge is 2.26. The number of nitrogens with zero attached hydrogens (tertiary/aromatic N) is 2. The number of imide groups is 1. The number of amides is 4. The minimum absolute atomic E-state index is 0.126. The Morgan fingerprint density at radius 3 is 2.89 bits per heavy atom. The van der Waals surface area contributed by atoms with Crippen LogP contribution in [0.25, 0.3) is 0 Å². The van der Waals surface area contributed by atoms with Gasteiger partial charge in [-0.3, -0.25) is 10.1 Å². The fourth-order valence-corrected chi connectivity index (χ4v) is 1.55.